The van der Waals surface area contributed by atoms with Gasteiger partial charge < -0.3 is 9.80 Å². The Morgan fingerprint density at radius 3 is 2.31 bits per heavy atom. The molecule has 3 heterocycles. The normalized spacial score (nSPS) is 14.2. The lowest BCUT2D eigenvalue weighted by molar-refractivity contribution is 0.0993. The highest BCUT2D eigenvalue weighted by molar-refractivity contribution is 8.24. The summed E-state index contributed by atoms with van der Waals surface area (Å²) in [4.78, 5) is 31.3. The Labute approximate surface area is 246 Å². The number of benzene rings is 3. The van der Waals surface area contributed by atoms with Gasteiger partial charge in [0, 0.05) is 62.5 Å². The lowest BCUT2D eigenvalue weighted by Gasteiger charge is -2.36. The smallest absolute Gasteiger partial charge is 0.167 e. The summed E-state index contributed by atoms with van der Waals surface area (Å²) >= 11 is 0. The number of nitrogens with one attached hydrogen (secondary N) is 1. The summed E-state index contributed by atoms with van der Waals surface area (Å²) in [6.07, 6.45) is 7.06. The summed E-state index contributed by atoms with van der Waals surface area (Å²) in [5.41, 5.74) is 6.85. The van der Waals surface area contributed by atoms with Crippen LogP contribution >= 0.6 is 10.8 Å². The van der Waals surface area contributed by atoms with Gasteiger partial charge in [0.2, 0.25) is 0 Å². The maximum Gasteiger partial charge on any atom is 0.167 e. The largest absolute Gasteiger partial charge is 0.368 e. The Bertz CT molecular complexity index is 1700. The Hall–Kier alpha value is -4.51. The van der Waals surface area contributed by atoms with E-state index in [0.717, 1.165) is 59.7 Å². The van der Waals surface area contributed by atoms with Gasteiger partial charge in [-0.25, -0.2) is 4.98 Å². The van der Waals surface area contributed by atoms with E-state index >= 15 is 0 Å². The van der Waals surface area contributed by atoms with Crippen LogP contribution in [-0.4, -0.2) is 62.3 Å². The van der Waals surface area contributed by atoms with Crippen molar-refractivity contribution in [3.8, 4) is 11.1 Å². The lowest BCUT2D eigenvalue weighted by atomic mass is 9.99. The second-order valence-corrected chi connectivity index (χ2v) is 12.3. The van der Waals surface area contributed by atoms with Gasteiger partial charge in [-0.3, -0.25) is 28.6 Å². The highest BCUT2D eigenvalue weighted by Crippen LogP contribution is 2.34. The van der Waals surface area contributed by atoms with Crippen LogP contribution in [0.3, 0.4) is 0 Å². The van der Waals surface area contributed by atoms with Crippen LogP contribution in [0.2, 0.25) is 0 Å². The van der Waals surface area contributed by atoms with Gasteiger partial charge in [0.1, 0.15) is 5.82 Å². The second kappa shape index (κ2) is 11.8. The number of piperazine rings is 1. The number of hydrogen-bond donors (Lipinski definition) is 3. The van der Waals surface area contributed by atoms with Crippen LogP contribution in [0.1, 0.15) is 15.9 Å². The Morgan fingerprint density at radius 2 is 1.57 bits per heavy atom. The second-order valence-electron chi connectivity index (χ2n) is 10.4. The van der Waals surface area contributed by atoms with Crippen molar-refractivity contribution in [3.05, 3.63) is 109 Å². The maximum absolute atomic E-state index is 12.9. The summed E-state index contributed by atoms with van der Waals surface area (Å²) in [6, 6.07) is 24.9. The third-order valence-corrected chi connectivity index (χ3v) is 7.93. The maximum atomic E-state index is 12.9. The number of Topliss-reactive ketones (excluding diaryl/α,β-unsaturated/α-hetero) is 1. The van der Waals surface area contributed by atoms with Gasteiger partial charge in [-0.2, -0.15) is 0 Å². The number of rotatable bonds is 8. The average Bonchev–Trinajstić information content (AvgIpc) is 3.01. The van der Waals surface area contributed by atoms with Gasteiger partial charge >= 0.3 is 0 Å². The summed E-state index contributed by atoms with van der Waals surface area (Å²) in [7, 11) is -2.92. The Balaban J connectivity index is 1.13. The average molecular weight is 581 g/mol. The lowest BCUT2D eigenvalue weighted by Crippen LogP contribution is -2.46. The van der Waals surface area contributed by atoms with E-state index in [1.807, 2.05) is 67.1 Å². The molecule has 1 aliphatic rings. The Kier molecular flexibility index (Phi) is 7.75. The van der Waals surface area contributed by atoms with Crippen LogP contribution in [0.25, 0.3) is 22.2 Å². The molecule has 3 aromatic carbocycles. The van der Waals surface area contributed by atoms with E-state index in [4.69, 9.17) is 4.98 Å². The van der Waals surface area contributed by atoms with E-state index < -0.39 is 10.8 Å². The van der Waals surface area contributed by atoms with Crippen molar-refractivity contribution >= 4 is 44.8 Å². The third kappa shape index (κ3) is 6.52. The van der Waals surface area contributed by atoms with E-state index in [2.05, 4.69) is 30.6 Å². The fourth-order valence-electron chi connectivity index (χ4n) is 5.16. The SMILES string of the molecule is CS(O)(O)Nc1cccc(C(=O)Cc2ccc(-c3ccc4ncc(N5CCN(c6ccncc6)CC5)nc4c3)cc2)c1. The minimum absolute atomic E-state index is 0.0471. The summed E-state index contributed by atoms with van der Waals surface area (Å²) in [6.45, 7) is 3.55. The Morgan fingerprint density at radius 1 is 0.857 bits per heavy atom. The zero-order valence-corrected chi connectivity index (χ0v) is 24.0. The van der Waals surface area contributed by atoms with Crippen LogP contribution in [-0.2, 0) is 6.42 Å². The highest BCUT2D eigenvalue weighted by atomic mass is 32.3. The van der Waals surface area contributed by atoms with Crippen molar-refractivity contribution in [2.24, 2.45) is 0 Å². The van der Waals surface area contributed by atoms with Crippen LogP contribution in [0.15, 0.2) is 97.5 Å². The van der Waals surface area contributed by atoms with Crippen LogP contribution in [0.5, 0.6) is 0 Å². The molecule has 1 saturated heterocycles. The molecule has 2 aromatic heterocycles. The number of aromatic nitrogens is 3. The fourth-order valence-corrected chi connectivity index (χ4v) is 5.74. The fraction of sp³-hybridized carbons (Fsp3) is 0.188. The van der Waals surface area contributed by atoms with Crippen molar-refractivity contribution in [2.75, 3.05) is 47.0 Å². The summed E-state index contributed by atoms with van der Waals surface area (Å²) < 4.78 is 22.0. The van der Waals surface area contributed by atoms with Gasteiger partial charge in [-0.05, 0) is 53.1 Å². The molecule has 6 rings (SSSR count). The number of ketones is 1. The molecule has 1 fully saturated rings. The molecular weight excluding hydrogens is 548 g/mol. The molecule has 214 valence electrons. The number of nitrogens with zero attached hydrogens (tertiary/aromatic N) is 5. The number of hydrogen-bond acceptors (Lipinski definition) is 9. The first-order valence-corrected chi connectivity index (χ1v) is 15.7. The summed E-state index contributed by atoms with van der Waals surface area (Å²) in [5.74, 6) is 0.834. The highest BCUT2D eigenvalue weighted by Gasteiger charge is 2.19. The molecule has 0 amide bonds. The molecule has 10 heteroatoms. The molecule has 0 saturated carbocycles. The number of fused-ring (bicyclic) bond motifs is 1. The summed E-state index contributed by atoms with van der Waals surface area (Å²) in [5, 5.41) is 0. The molecule has 42 heavy (non-hydrogen) atoms. The van der Waals surface area contributed by atoms with Crippen molar-refractivity contribution in [1.29, 1.82) is 0 Å². The number of anilines is 3. The monoisotopic (exact) mass is 580 g/mol. The van der Waals surface area contributed by atoms with Crippen LogP contribution in [0.4, 0.5) is 17.2 Å². The van der Waals surface area contributed by atoms with Crippen molar-refractivity contribution < 1.29 is 13.9 Å². The number of carbonyl (C=O) groups excluding carboxylic acids is 1. The molecule has 5 aromatic rings. The van der Waals surface area contributed by atoms with E-state index in [9.17, 15) is 13.9 Å². The number of pyridine rings is 1. The molecule has 0 spiro atoms. The predicted molar refractivity (Wildman–Crippen MR) is 171 cm³/mol. The van der Waals surface area contributed by atoms with Crippen LogP contribution in [0, 0.1) is 0 Å². The first-order valence-electron chi connectivity index (χ1n) is 13.7. The molecule has 0 radical (unpaired) electrons. The predicted octanol–water partition coefficient (Wildman–Crippen LogP) is 6.15. The molecule has 1 aliphatic heterocycles. The first kappa shape index (κ1) is 27.6. The van der Waals surface area contributed by atoms with E-state index in [1.165, 1.54) is 11.9 Å². The van der Waals surface area contributed by atoms with Crippen molar-refractivity contribution in [2.45, 2.75) is 6.42 Å². The minimum atomic E-state index is -2.92. The zero-order valence-electron chi connectivity index (χ0n) is 23.2. The minimum Gasteiger partial charge on any atom is -0.368 e. The quantitative estimate of drug-likeness (QED) is 0.186. The molecule has 3 N–H and O–H groups in total. The first-order chi connectivity index (χ1) is 20.3. The standard InChI is InChI=1S/C32H32N6O3S/c1-42(40,41)36-27-4-2-3-26(20-27)31(39)19-23-5-7-24(8-6-23)25-9-10-29-30(21-25)35-32(22-34-29)38-17-15-37(16-18-38)28-11-13-33-14-12-28/h2-14,20-22,36,40-41H,15-19H2,1H3. The topological polar surface area (TPSA) is 115 Å². The molecule has 0 aliphatic carbocycles. The van der Waals surface area contributed by atoms with Gasteiger partial charge in [0.05, 0.1) is 22.9 Å². The van der Waals surface area contributed by atoms with E-state index in [0.29, 0.717) is 11.3 Å². The molecule has 0 unspecified atom stereocenters. The van der Waals surface area contributed by atoms with Gasteiger partial charge in [0.15, 0.2) is 5.78 Å². The van der Waals surface area contributed by atoms with Crippen molar-refractivity contribution in [1.82, 2.24) is 15.0 Å². The molecule has 0 atom stereocenters. The molecule has 0 bridgehead atoms. The number of carbonyl (C=O) groups is 1. The third-order valence-electron chi connectivity index (χ3n) is 7.31. The van der Waals surface area contributed by atoms with Gasteiger partial charge in [-0.15, -0.1) is 10.8 Å². The molecular formula is C32H32N6O3S. The van der Waals surface area contributed by atoms with Gasteiger partial charge in [0.25, 0.3) is 0 Å². The van der Waals surface area contributed by atoms with Crippen molar-refractivity contribution in [3.63, 3.8) is 0 Å². The van der Waals surface area contributed by atoms with Gasteiger partial charge in [-0.1, -0.05) is 42.5 Å². The van der Waals surface area contributed by atoms with E-state index in [-0.39, 0.29) is 12.2 Å². The zero-order chi connectivity index (χ0) is 29.1. The van der Waals surface area contributed by atoms with Crippen LogP contribution < -0.4 is 14.5 Å². The van der Waals surface area contributed by atoms with E-state index in [1.54, 1.807) is 24.3 Å². The molecule has 9 nitrogen and oxygen atoms in total.